The smallest absolute Gasteiger partial charge is 0.295 e. The molecule has 1 fully saturated rings. The average molecular weight is 457 g/mol. The van der Waals surface area contributed by atoms with Crippen LogP contribution in [-0.4, -0.2) is 65.7 Å². The maximum absolute atomic E-state index is 13.2. The first-order valence-electron chi connectivity index (χ1n) is 11.0. The third-order valence-electron chi connectivity index (χ3n) is 6.08. The van der Waals surface area contributed by atoms with Gasteiger partial charge in [0, 0.05) is 43.5 Å². The first-order valence-corrected chi connectivity index (χ1v) is 11.0. The molecular weight excluding hydrogens is 434 g/mol. The molecule has 2 amide bonds. The van der Waals surface area contributed by atoms with E-state index in [4.69, 9.17) is 9.15 Å². The number of nitrogens with zero attached hydrogens (tertiary/aromatic N) is 2. The minimum Gasteiger partial charge on any atom is -0.496 e. The number of hydrogen-bond acceptors (Lipinski definition) is 5. The largest absolute Gasteiger partial charge is 0.496 e. The molecule has 1 saturated heterocycles. The van der Waals surface area contributed by atoms with Gasteiger partial charge < -0.3 is 23.9 Å². The summed E-state index contributed by atoms with van der Waals surface area (Å²) >= 11 is 0. The number of aromatic nitrogens is 1. The molecule has 8 heteroatoms. The number of amides is 2. The zero-order chi connectivity index (χ0) is 23.7. The summed E-state index contributed by atoms with van der Waals surface area (Å²) in [6, 6.07) is 16.3. The van der Waals surface area contributed by atoms with E-state index in [2.05, 4.69) is 4.98 Å². The standard InChI is InChI=1S/C26H23N3O5/c1-33-22-15-18(21-8-5-13-34-21)14-20-23(22)19(16-27-20)24(30)26(32)29-11-9-28(10-12-29)25(31)17-6-3-2-4-7-17/h2-8,13-16,27H,9-12H2,1H3. The Morgan fingerprint density at radius 3 is 2.35 bits per heavy atom. The normalized spacial score (nSPS) is 13.8. The number of rotatable bonds is 5. The molecule has 0 atom stereocenters. The Kier molecular flexibility index (Phi) is 5.63. The zero-order valence-electron chi connectivity index (χ0n) is 18.6. The van der Waals surface area contributed by atoms with Gasteiger partial charge in [0.2, 0.25) is 0 Å². The molecule has 2 aromatic carbocycles. The number of carbonyl (C=O) groups excluding carboxylic acids is 3. The molecule has 8 nitrogen and oxygen atoms in total. The average Bonchev–Trinajstić information content (AvgIpc) is 3.58. The quantitative estimate of drug-likeness (QED) is 0.365. The molecule has 1 aliphatic rings. The number of fused-ring (bicyclic) bond motifs is 1. The second-order valence-electron chi connectivity index (χ2n) is 8.06. The Morgan fingerprint density at radius 2 is 1.68 bits per heavy atom. The van der Waals surface area contributed by atoms with E-state index >= 15 is 0 Å². The van der Waals surface area contributed by atoms with Crippen LogP contribution in [-0.2, 0) is 4.79 Å². The van der Waals surface area contributed by atoms with Crippen LogP contribution >= 0.6 is 0 Å². The lowest BCUT2D eigenvalue weighted by Crippen LogP contribution is -2.52. The maximum atomic E-state index is 13.2. The minimum absolute atomic E-state index is 0.0762. The van der Waals surface area contributed by atoms with E-state index in [-0.39, 0.29) is 11.5 Å². The van der Waals surface area contributed by atoms with Gasteiger partial charge in [-0.05, 0) is 36.4 Å². The lowest BCUT2D eigenvalue weighted by molar-refractivity contribution is -0.127. The Balaban J connectivity index is 1.33. The van der Waals surface area contributed by atoms with E-state index in [1.165, 1.54) is 18.2 Å². The number of ether oxygens (including phenoxy) is 1. The number of furan rings is 1. The van der Waals surface area contributed by atoms with Crippen LogP contribution in [0.3, 0.4) is 0 Å². The molecule has 0 bridgehead atoms. The molecule has 0 saturated carbocycles. The van der Waals surface area contributed by atoms with E-state index in [0.717, 1.165) is 5.56 Å². The Morgan fingerprint density at radius 1 is 0.941 bits per heavy atom. The number of piperazine rings is 1. The van der Waals surface area contributed by atoms with Crippen LogP contribution < -0.4 is 4.74 Å². The fourth-order valence-corrected chi connectivity index (χ4v) is 4.29. The summed E-state index contributed by atoms with van der Waals surface area (Å²) < 4.78 is 11.0. The zero-order valence-corrected chi connectivity index (χ0v) is 18.6. The molecule has 172 valence electrons. The number of ketones is 1. The lowest BCUT2D eigenvalue weighted by atomic mass is 10.0. The third-order valence-corrected chi connectivity index (χ3v) is 6.08. The molecule has 0 radical (unpaired) electrons. The summed E-state index contributed by atoms with van der Waals surface area (Å²) in [6.07, 6.45) is 3.12. The highest BCUT2D eigenvalue weighted by Gasteiger charge is 2.31. The van der Waals surface area contributed by atoms with E-state index in [9.17, 15) is 14.4 Å². The fourth-order valence-electron chi connectivity index (χ4n) is 4.29. The summed E-state index contributed by atoms with van der Waals surface area (Å²) in [5, 5.41) is 0.550. The third kappa shape index (κ3) is 3.83. The van der Waals surface area contributed by atoms with E-state index in [1.807, 2.05) is 30.3 Å². The molecule has 0 aliphatic carbocycles. The summed E-state index contributed by atoms with van der Waals surface area (Å²) in [5.74, 6) is -0.142. The van der Waals surface area contributed by atoms with E-state index in [1.54, 1.807) is 35.4 Å². The van der Waals surface area contributed by atoms with Crippen molar-refractivity contribution in [3.63, 3.8) is 0 Å². The summed E-state index contributed by atoms with van der Waals surface area (Å²) in [4.78, 5) is 45.2. The van der Waals surface area contributed by atoms with Crippen molar-refractivity contribution in [1.82, 2.24) is 14.8 Å². The SMILES string of the molecule is COc1cc(-c2ccco2)cc2[nH]cc(C(=O)C(=O)N3CCN(C(=O)c4ccccc4)CC3)c12. The number of methoxy groups -OCH3 is 1. The van der Waals surface area contributed by atoms with Crippen molar-refractivity contribution in [3.05, 3.63) is 78.2 Å². The highest BCUT2D eigenvalue weighted by Crippen LogP contribution is 2.35. The van der Waals surface area contributed by atoms with Crippen molar-refractivity contribution in [3.8, 4) is 17.1 Å². The van der Waals surface area contributed by atoms with Crippen LogP contribution in [0.25, 0.3) is 22.2 Å². The van der Waals surface area contributed by atoms with Gasteiger partial charge in [-0.25, -0.2) is 0 Å². The van der Waals surface area contributed by atoms with E-state index in [0.29, 0.717) is 54.2 Å². The van der Waals surface area contributed by atoms with Crippen molar-refractivity contribution in [2.24, 2.45) is 0 Å². The molecule has 4 aromatic rings. The summed E-state index contributed by atoms with van der Waals surface area (Å²) in [7, 11) is 1.52. The van der Waals surface area contributed by atoms with Crippen LogP contribution in [0.15, 0.2) is 71.5 Å². The summed E-state index contributed by atoms with van der Waals surface area (Å²) in [6.45, 7) is 1.34. The van der Waals surface area contributed by atoms with Crippen LogP contribution in [0, 0.1) is 0 Å². The van der Waals surface area contributed by atoms with Gasteiger partial charge in [-0.1, -0.05) is 18.2 Å². The predicted octanol–water partition coefficient (Wildman–Crippen LogP) is 3.60. The van der Waals surface area contributed by atoms with Gasteiger partial charge in [0.1, 0.15) is 11.5 Å². The Hall–Kier alpha value is -4.33. The van der Waals surface area contributed by atoms with Gasteiger partial charge >= 0.3 is 0 Å². The number of carbonyl (C=O) groups is 3. The number of nitrogens with one attached hydrogen (secondary N) is 1. The lowest BCUT2D eigenvalue weighted by Gasteiger charge is -2.34. The second-order valence-corrected chi connectivity index (χ2v) is 8.06. The molecular formula is C26H23N3O5. The first kappa shape index (κ1) is 21.5. The molecule has 3 heterocycles. The van der Waals surface area contributed by atoms with Crippen molar-refractivity contribution in [2.45, 2.75) is 0 Å². The molecule has 2 aromatic heterocycles. The van der Waals surface area contributed by atoms with Gasteiger partial charge in [-0.15, -0.1) is 0 Å². The number of benzene rings is 2. The summed E-state index contributed by atoms with van der Waals surface area (Å²) in [5.41, 5.74) is 2.32. The van der Waals surface area contributed by atoms with Crippen LogP contribution in [0.1, 0.15) is 20.7 Å². The molecule has 5 rings (SSSR count). The van der Waals surface area contributed by atoms with Crippen molar-refractivity contribution < 1.29 is 23.5 Å². The van der Waals surface area contributed by atoms with E-state index < -0.39 is 11.7 Å². The van der Waals surface area contributed by atoms with Crippen molar-refractivity contribution in [2.75, 3.05) is 33.3 Å². The van der Waals surface area contributed by atoms with Gasteiger partial charge in [0.15, 0.2) is 0 Å². The van der Waals surface area contributed by atoms with Crippen LogP contribution in [0.4, 0.5) is 0 Å². The second kappa shape index (κ2) is 8.90. The molecule has 0 spiro atoms. The number of hydrogen-bond donors (Lipinski definition) is 1. The molecule has 0 unspecified atom stereocenters. The van der Waals surface area contributed by atoms with Crippen molar-refractivity contribution >= 4 is 28.5 Å². The molecule has 34 heavy (non-hydrogen) atoms. The number of aromatic amines is 1. The van der Waals surface area contributed by atoms with Gasteiger partial charge in [0.25, 0.3) is 17.6 Å². The molecule has 1 N–H and O–H groups in total. The van der Waals surface area contributed by atoms with Crippen molar-refractivity contribution in [1.29, 1.82) is 0 Å². The minimum atomic E-state index is -0.613. The fraction of sp³-hybridized carbons (Fsp3) is 0.192. The Bertz CT molecular complexity index is 1350. The van der Waals surface area contributed by atoms with Gasteiger partial charge in [0.05, 0.1) is 29.8 Å². The molecule has 1 aliphatic heterocycles. The number of Topliss-reactive ketones (excluding diaryl/α,β-unsaturated/α-hetero) is 1. The monoisotopic (exact) mass is 457 g/mol. The first-order chi connectivity index (χ1) is 16.6. The number of H-pyrrole nitrogens is 1. The Labute approximate surface area is 195 Å². The maximum Gasteiger partial charge on any atom is 0.295 e. The highest BCUT2D eigenvalue weighted by atomic mass is 16.5. The van der Waals surface area contributed by atoms with Gasteiger partial charge in [-0.3, -0.25) is 14.4 Å². The van der Waals surface area contributed by atoms with Gasteiger partial charge in [-0.2, -0.15) is 0 Å². The van der Waals surface area contributed by atoms with Crippen LogP contribution in [0.5, 0.6) is 5.75 Å². The predicted molar refractivity (Wildman–Crippen MR) is 126 cm³/mol. The van der Waals surface area contributed by atoms with Crippen LogP contribution in [0.2, 0.25) is 0 Å². The highest BCUT2D eigenvalue weighted by molar-refractivity contribution is 6.45. The topological polar surface area (TPSA) is 95.8 Å².